The van der Waals surface area contributed by atoms with E-state index in [0.717, 1.165) is 24.2 Å². The quantitative estimate of drug-likeness (QED) is 0.801. The van der Waals surface area contributed by atoms with Gasteiger partial charge in [-0.25, -0.2) is 0 Å². The molecular formula is C10H14BrNO. The van der Waals surface area contributed by atoms with Crippen LogP contribution in [0.15, 0.2) is 28.7 Å². The second-order valence-corrected chi connectivity index (χ2v) is 3.62. The number of halogens is 1. The van der Waals surface area contributed by atoms with Crippen molar-refractivity contribution in [3.8, 4) is 0 Å². The van der Waals surface area contributed by atoms with Gasteiger partial charge in [0.2, 0.25) is 0 Å². The lowest BCUT2D eigenvalue weighted by Gasteiger charge is -2.05. The highest BCUT2D eigenvalue weighted by Crippen LogP contribution is 2.14. The monoisotopic (exact) mass is 243 g/mol. The molecule has 0 heterocycles. The normalized spacial score (nSPS) is 10.3. The number of benzene rings is 1. The second-order valence-electron chi connectivity index (χ2n) is 2.76. The van der Waals surface area contributed by atoms with E-state index in [1.54, 1.807) is 7.11 Å². The molecule has 1 aromatic carbocycles. The molecule has 2 nitrogen and oxygen atoms in total. The van der Waals surface area contributed by atoms with Crippen LogP contribution in [0, 0.1) is 0 Å². The van der Waals surface area contributed by atoms with Crippen molar-refractivity contribution in [2.45, 2.75) is 6.54 Å². The van der Waals surface area contributed by atoms with Crippen LogP contribution in [-0.4, -0.2) is 20.3 Å². The largest absolute Gasteiger partial charge is 0.383 e. The lowest BCUT2D eigenvalue weighted by molar-refractivity contribution is 0.199. The van der Waals surface area contributed by atoms with Crippen molar-refractivity contribution in [2.75, 3.05) is 20.3 Å². The van der Waals surface area contributed by atoms with Crippen molar-refractivity contribution in [1.29, 1.82) is 0 Å². The Morgan fingerprint density at radius 3 is 2.85 bits per heavy atom. The van der Waals surface area contributed by atoms with Crippen LogP contribution < -0.4 is 5.32 Å². The number of hydrogen-bond acceptors (Lipinski definition) is 2. The molecule has 0 amide bonds. The van der Waals surface area contributed by atoms with E-state index in [1.165, 1.54) is 5.56 Å². The third kappa shape index (κ3) is 3.89. The Balaban J connectivity index is 2.32. The maximum Gasteiger partial charge on any atom is 0.0587 e. The minimum Gasteiger partial charge on any atom is -0.383 e. The van der Waals surface area contributed by atoms with E-state index >= 15 is 0 Å². The van der Waals surface area contributed by atoms with Crippen LogP contribution in [-0.2, 0) is 11.3 Å². The van der Waals surface area contributed by atoms with Gasteiger partial charge in [-0.1, -0.05) is 34.1 Å². The highest BCUT2D eigenvalue weighted by atomic mass is 79.9. The first-order valence-corrected chi connectivity index (χ1v) is 5.07. The molecule has 0 aromatic heterocycles. The van der Waals surface area contributed by atoms with E-state index < -0.39 is 0 Å². The van der Waals surface area contributed by atoms with Gasteiger partial charge >= 0.3 is 0 Å². The van der Waals surface area contributed by atoms with Crippen LogP contribution in [0.2, 0.25) is 0 Å². The third-order valence-electron chi connectivity index (χ3n) is 1.76. The minimum atomic E-state index is 0.754. The van der Waals surface area contributed by atoms with Crippen LogP contribution in [0.1, 0.15) is 5.56 Å². The summed E-state index contributed by atoms with van der Waals surface area (Å²) in [6.45, 7) is 2.52. The molecule has 0 bridgehead atoms. The summed E-state index contributed by atoms with van der Waals surface area (Å²) in [5, 5.41) is 3.29. The van der Waals surface area contributed by atoms with E-state index in [1.807, 2.05) is 18.2 Å². The van der Waals surface area contributed by atoms with Crippen LogP contribution in [0.25, 0.3) is 0 Å². The molecule has 72 valence electrons. The molecule has 0 saturated carbocycles. The molecule has 0 spiro atoms. The number of hydrogen-bond donors (Lipinski definition) is 1. The van der Waals surface area contributed by atoms with Crippen molar-refractivity contribution in [3.05, 3.63) is 34.3 Å². The van der Waals surface area contributed by atoms with Gasteiger partial charge in [-0.2, -0.15) is 0 Å². The molecule has 0 aliphatic heterocycles. The summed E-state index contributed by atoms with van der Waals surface area (Å²) in [6.07, 6.45) is 0. The van der Waals surface area contributed by atoms with Gasteiger partial charge in [0.1, 0.15) is 0 Å². The summed E-state index contributed by atoms with van der Waals surface area (Å²) in [7, 11) is 1.71. The fourth-order valence-electron chi connectivity index (χ4n) is 1.04. The smallest absolute Gasteiger partial charge is 0.0587 e. The predicted molar refractivity (Wildman–Crippen MR) is 57.7 cm³/mol. The van der Waals surface area contributed by atoms with Gasteiger partial charge in [0.15, 0.2) is 0 Å². The molecule has 1 rings (SSSR count). The lowest BCUT2D eigenvalue weighted by atomic mass is 10.2. The third-order valence-corrected chi connectivity index (χ3v) is 2.53. The Morgan fingerprint density at radius 2 is 2.15 bits per heavy atom. The average molecular weight is 244 g/mol. The van der Waals surface area contributed by atoms with Crippen molar-refractivity contribution >= 4 is 15.9 Å². The lowest BCUT2D eigenvalue weighted by Crippen LogP contribution is -2.18. The Hall–Kier alpha value is -0.380. The zero-order chi connectivity index (χ0) is 9.52. The topological polar surface area (TPSA) is 21.3 Å². The first-order valence-electron chi connectivity index (χ1n) is 4.27. The van der Waals surface area contributed by atoms with Gasteiger partial charge in [-0.3, -0.25) is 0 Å². The zero-order valence-corrected chi connectivity index (χ0v) is 9.30. The van der Waals surface area contributed by atoms with Crippen molar-refractivity contribution in [3.63, 3.8) is 0 Å². The zero-order valence-electron chi connectivity index (χ0n) is 7.72. The van der Waals surface area contributed by atoms with Gasteiger partial charge in [0.05, 0.1) is 6.61 Å². The van der Waals surface area contributed by atoms with Crippen LogP contribution in [0.4, 0.5) is 0 Å². The maximum absolute atomic E-state index is 4.94. The summed E-state index contributed by atoms with van der Waals surface area (Å²) in [4.78, 5) is 0. The Labute approximate surface area is 87.4 Å². The molecule has 1 N–H and O–H groups in total. The van der Waals surface area contributed by atoms with E-state index in [-0.39, 0.29) is 0 Å². The van der Waals surface area contributed by atoms with Gasteiger partial charge in [0.25, 0.3) is 0 Å². The molecule has 0 unspecified atom stereocenters. The number of rotatable bonds is 5. The maximum atomic E-state index is 4.94. The molecule has 0 fully saturated rings. The van der Waals surface area contributed by atoms with Gasteiger partial charge < -0.3 is 10.1 Å². The predicted octanol–water partition coefficient (Wildman–Crippen LogP) is 2.19. The number of ether oxygens (including phenoxy) is 1. The fourth-order valence-corrected chi connectivity index (χ4v) is 1.46. The van der Waals surface area contributed by atoms with Crippen LogP contribution >= 0.6 is 15.9 Å². The van der Waals surface area contributed by atoms with Crippen molar-refractivity contribution < 1.29 is 4.74 Å². The summed E-state index contributed by atoms with van der Waals surface area (Å²) >= 11 is 3.49. The standard InChI is InChI=1S/C10H14BrNO/c1-13-7-6-12-8-9-4-2-3-5-10(9)11/h2-5,12H,6-8H2,1H3. The van der Waals surface area contributed by atoms with E-state index in [2.05, 4.69) is 27.3 Å². The highest BCUT2D eigenvalue weighted by molar-refractivity contribution is 9.10. The minimum absolute atomic E-state index is 0.754. The molecular weight excluding hydrogens is 230 g/mol. The summed E-state index contributed by atoms with van der Waals surface area (Å²) in [5.41, 5.74) is 1.28. The first-order chi connectivity index (χ1) is 6.34. The van der Waals surface area contributed by atoms with E-state index in [4.69, 9.17) is 4.74 Å². The van der Waals surface area contributed by atoms with E-state index in [0.29, 0.717) is 0 Å². The average Bonchev–Trinajstić information content (AvgIpc) is 2.15. The van der Waals surface area contributed by atoms with Crippen LogP contribution in [0.5, 0.6) is 0 Å². The SMILES string of the molecule is COCCNCc1ccccc1Br. The van der Waals surface area contributed by atoms with Gasteiger partial charge in [-0.05, 0) is 11.6 Å². The molecule has 0 aliphatic rings. The number of nitrogens with one attached hydrogen (secondary N) is 1. The Kier molecular flexibility index (Phi) is 5.05. The molecule has 0 saturated heterocycles. The Bertz CT molecular complexity index is 252. The van der Waals surface area contributed by atoms with E-state index in [9.17, 15) is 0 Å². The molecule has 0 radical (unpaired) electrons. The number of methoxy groups -OCH3 is 1. The van der Waals surface area contributed by atoms with Gasteiger partial charge in [-0.15, -0.1) is 0 Å². The van der Waals surface area contributed by atoms with Crippen molar-refractivity contribution in [1.82, 2.24) is 5.32 Å². The molecule has 3 heteroatoms. The summed E-state index contributed by atoms with van der Waals surface area (Å²) in [5.74, 6) is 0. The van der Waals surface area contributed by atoms with Crippen molar-refractivity contribution in [2.24, 2.45) is 0 Å². The van der Waals surface area contributed by atoms with Gasteiger partial charge in [0, 0.05) is 24.7 Å². The fraction of sp³-hybridized carbons (Fsp3) is 0.400. The summed E-state index contributed by atoms with van der Waals surface area (Å²) in [6, 6.07) is 8.21. The van der Waals surface area contributed by atoms with Crippen LogP contribution in [0.3, 0.4) is 0 Å². The molecule has 0 aliphatic carbocycles. The Morgan fingerprint density at radius 1 is 1.38 bits per heavy atom. The highest BCUT2D eigenvalue weighted by Gasteiger charge is 1.96. The molecule has 0 atom stereocenters. The second kappa shape index (κ2) is 6.13. The molecule has 13 heavy (non-hydrogen) atoms. The first kappa shape index (κ1) is 10.7. The summed E-state index contributed by atoms with van der Waals surface area (Å²) < 4.78 is 6.09. The molecule has 1 aromatic rings.